The minimum absolute atomic E-state index is 0.730. The van der Waals surface area contributed by atoms with Crippen molar-refractivity contribution < 1.29 is 0 Å². The smallest absolute Gasteiger partial charge is 0.160 e. The summed E-state index contributed by atoms with van der Waals surface area (Å²) in [4.78, 5) is 10.1. The van der Waals surface area contributed by atoms with Crippen LogP contribution in [0.25, 0.3) is 94.4 Å². The van der Waals surface area contributed by atoms with E-state index in [-0.39, 0.29) is 0 Å². The Morgan fingerprint density at radius 3 is 1.41 bits per heavy atom. The molecule has 12 rings (SSSR count). The van der Waals surface area contributed by atoms with Crippen molar-refractivity contribution in [2.75, 3.05) is 0 Å². The molecular weight excluding hydrogens is 739 g/mol. The molecule has 2 heterocycles. The highest BCUT2D eigenvalue weighted by molar-refractivity contribution is 6.11. The highest BCUT2D eigenvalue weighted by Gasteiger charge is 2.20. The molecule has 0 aliphatic heterocycles. The number of hydrogen-bond donors (Lipinski definition) is 0. The number of hydrogen-bond acceptors (Lipinski definition) is 2. The van der Waals surface area contributed by atoms with Crippen LogP contribution >= 0.6 is 0 Å². The van der Waals surface area contributed by atoms with Gasteiger partial charge in [-0.25, -0.2) is 9.97 Å². The van der Waals surface area contributed by atoms with Gasteiger partial charge in [-0.2, -0.15) is 0 Å². The Morgan fingerprint density at radius 2 is 0.803 bits per heavy atom. The lowest BCUT2D eigenvalue weighted by Crippen LogP contribution is -2.08. The number of rotatable bonds is 6. The summed E-state index contributed by atoms with van der Waals surface area (Å²) in [6, 6.07) is 76.8. The molecule has 0 bridgehead atoms. The predicted octanol–water partition coefficient (Wildman–Crippen LogP) is 14.6. The molecule has 9 aromatic carbocycles. The van der Waals surface area contributed by atoms with E-state index in [0.29, 0.717) is 0 Å². The van der Waals surface area contributed by atoms with Crippen LogP contribution in [0.3, 0.4) is 0 Å². The fourth-order valence-corrected chi connectivity index (χ4v) is 9.37. The fraction of sp³-hybridized carbons (Fsp3) is 0.0345. The molecule has 1 aliphatic carbocycles. The second-order valence-corrected chi connectivity index (χ2v) is 16.2. The molecule has 0 radical (unpaired) electrons. The molecule has 0 saturated heterocycles. The van der Waals surface area contributed by atoms with Crippen molar-refractivity contribution in [1.29, 1.82) is 0 Å². The van der Waals surface area contributed by atoms with Gasteiger partial charge in [0.2, 0.25) is 0 Å². The number of fused-ring (bicyclic) bond motifs is 6. The lowest BCUT2D eigenvalue weighted by Gasteiger charge is -2.22. The summed E-state index contributed by atoms with van der Waals surface area (Å²) in [5.74, 6) is 0.730. The van der Waals surface area contributed by atoms with E-state index in [2.05, 4.69) is 193 Å². The van der Waals surface area contributed by atoms with Crippen LogP contribution in [0.2, 0.25) is 0 Å². The van der Waals surface area contributed by atoms with Gasteiger partial charge in [-0.15, -0.1) is 0 Å². The van der Waals surface area contributed by atoms with Crippen LogP contribution in [-0.4, -0.2) is 14.5 Å². The molecule has 3 nitrogen and oxygen atoms in total. The summed E-state index contributed by atoms with van der Waals surface area (Å²) in [5.41, 5.74) is 19.1. The van der Waals surface area contributed by atoms with E-state index in [0.717, 1.165) is 46.7 Å². The summed E-state index contributed by atoms with van der Waals surface area (Å²) in [6.07, 6.45) is 1.80. The zero-order valence-corrected chi connectivity index (χ0v) is 33.5. The van der Waals surface area contributed by atoms with Gasteiger partial charge in [-0.1, -0.05) is 164 Å². The van der Waals surface area contributed by atoms with Crippen molar-refractivity contribution in [2.45, 2.75) is 12.8 Å². The third-order valence-electron chi connectivity index (χ3n) is 12.5. The van der Waals surface area contributed by atoms with Crippen LogP contribution in [0.5, 0.6) is 0 Å². The van der Waals surface area contributed by atoms with E-state index < -0.39 is 0 Å². The average molecular weight is 778 g/mol. The Bertz CT molecular complexity index is 3290. The van der Waals surface area contributed by atoms with Crippen LogP contribution in [-0.2, 0) is 12.8 Å². The summed E-state index contributed by atoms with van der Waals surface area (Å²) in [6.45, 7) is 0. The molecule has 0 saturated carbocycles. The van der Waals surface area contributed by atoms with Gasteiger partial charge in [0.15, 0.2) is 5.82 Å². The Balaban J connectivity index is 0.921. The highest BCUT2D eigenvalue weighted by Crippen LogP contribution is 2.39. The first-order chi connectivity index (χ1) is 30.2. The molecule has 0 fully saturated rings. The molecule has 11 aromatic rings. The number of nitrogens with zero attached hydrogens (tertiary/aromatic N) is 3. The minimum atomic E-state index is 0.730. The molecule has 2 aromatic heterocycles. The van der Waals surface area contributed by atoms with Gasteiger partial charge in [0.1, 0.15) is 0 Å². The molecule has 286 valence electrons. The van der Waals surface area contributed by atoms with E-state index in [1.807, 2.05) is 24.3 Å². The van der Waals surface area contributed by atoms with Crippen molar-refractivity contribution in [3.8, 4) is 61.8 Å². The first-order valence-corrected chi connectivity index (χ1v) is 21.1. The zero-order valence-electron chi connectivity index (χ0n) is 33.5. The van der Waals surface area contributed by atoms with Gasteiger partial charge in [0, 0.05) is 33.2 Å². The molecule has 61 heavy (non-hydrogen) atoms. The molecule has 1 aliphatic rings. The van der Waals surface area contributed by atoms with Gasteiger partial charge < -0.3 is 4.57 Å². The summed E-state index contributed by atoms with van der Waals surface area (Å²) < 4.78 is 2.46. The maximum absolute atomic E-state index is 5.11. The van der Waals surface area contributed by atoms with Crippen molar-refractivity contribution in [1.82, 2.24) is 14.5 Å². The molecule has 3 heteroatoms. The van der Waals surface area contributed by atoms with Crippen LogP contribution < -0.4 is 0 Å². The fourth-order valence-electron chi connectivity index (χ4n) is 9.37. The SMILES string of the molecule is c1ccc(-c2ccc3c(c2)c2cc(-c4ccccc4)ccc2n3-c2ccc3c(c2)Cc2cc4ccc(-c5cc(-c6ccccc6)nc(-c6ccccc6)n5)cc4cc2C3)cc1. The van der Waals surface area contributed by atoms with Crippen molar-refractivity contribution in [3.05, 3.63) is 235 Å². The Morgan fingerprint density at radius 1 is 0.311 bits per heavy atom. The lowest BCUT2D eigenvalue weighted by atomic mass is 9.84. The minimum Gasteiger partial charge on any atom is -0.309 e. The number of benzene rings is 9. The second kappa shape index (κ2) is 14.4. The van der Waals surface area contributed by atoms with E-state index in [9.17, 15) is 0 Å². The Kier molecular flexibility index (Phi) is 8.31. The normalized spacial score (nSPS) is 12.1. The van der Waals surface area contributed by atoms with Crippen LogP contribution in [0.15, 0.2) is 212 Å². The molecule has 0 atom stereocenters. The quantitative estimate of drug-likeness (QED) is 0.168. The van der Waals surface area contributed by atoms with Crippen LogP contribution in [0, 0.1) is 0 Å². The highest BCUT2D eigenvalue weighted by atomic mass is 15.0. The maximum atomic E-state index is 5.11. The Labute approximate surface area is 354 Å². The van der Waals surface area contributed by atoms with E-state index >= 15 is 0 Å². The first kappa shape index (κ1) is 35.1. The Hall–Kier alpha value is -7.88. The van der Waals surface area contributed by atoms with Gasteiger partial charge in [0.25, 0.3) is 0 Å². The van der Waals surface area contributed by atoms with Crippen molar-refractivity contribution >= 4 is 32.6 Å². The molecule has 0 amide bonds. The van der Waals surface area contributed by atoms with Crippen LogP contribution in [0.4, 0.5) is 0 Å². The topological polar surface area (TPSA) is 30.7 Å². The average Bonchev–Trinajstić information content (AvgIpc) is 3.66. The summed E-state index contributed by atoms with van der Waals surface area (Å²) in [7, 11) is 0. The maximum Gasteiger partial charge on any atom is 0.160 e. The van der Waals surface area contributed by atoms with Gasteiger partial charge in [-0.05, 0) is 117 Å². The monoisotopic (exact) mass is 777 g/mol. The molecule has 0 N–H and O–H groups in total. The van der Waals surface area contributed by atoms with Gasteiger partial charge in [-0.3, -0.25) is 0 Å². The van der Waals surface area contributed by atoms with Crippen LogP contribution in [0.1, 0.15) is 22.3 Å². The summed E-state index contributed by atoms with van der Waals surface area (Å²) in [5, 5.41) is 5.00. The van der Waals surface area contributed by atoms with Crippen molar-refractivity contribution in [3.63, 3.8) is 0 Å². The molecule has 0 unspecified atom stereocenters. The van der Waals surface area contributed by atoms with Gasteiger partial charge >= 0.3 is 0 Å². The zero-order chi connectivity index (χ0) is 40.3. The third-order valence-corrected chi connectivity index (χ3v) is 12.5. The van der Waals surface area contributed by atoms with E-state index in [1.54, 1.807) is 0 Å². The van der Waals surface area contributed by atoms with E-state index in [4.69, 9.17) is 9.97 Å². The lowest BCUT2D eigenvalue weighted by molar-refractivity contribution is 0.997. The summed E-state index contributed by atoms with van der Waals surface area (Å²) >= 11 is 0. The largest absolute Gasteiger partial charge is 0.309 e. The first-order valence-electron chi connectivity index (χ1n) is 21.1. The van der Waals surface area contributed by atoms with E-state index in [1.165, 1.54) is 82.8 Å². The molecular formula is C58H39N3. The predicted molar refractivity (Wildman–Crippen MR) is 253 cm³/mol. The number of aromatic nitrogens is 3. The van der Waals surface area contributed by atoms with Crippen molar-refractivity contribution in [2.24, 2.45) is 0 Å². The molecule has 0 spiro atoms. The van der Waals surface area contributed by atoms with Gasteiger partial charge in [0.05, 0.1) is 22.4 Å². The third kappa shape index (κ3) is 6.30. The standard InChI is InChI=1S/C58H39N3/c1-5-13-38(14-6-1)44-24-27-56-52(35-44)53-36-45(39-15-7-2-8-16-39)25-28-57(53)61(56)51-26-23-43-30-48-32-47-31-46(22-21-42(47)29-49(48)33-50(43)34-51)55-37-54(40-17-9-3-10-18-40)59-58(60-55)41-19-11-4-12-20-41/h1-29,31-32,34-37H,30,33H2. The second-order valence-electron chi connectivity index (χ2n) is 16.2.